The Kier molecular flexibility index (Phi) is 8.14. The molecule has 0 amide bonds. The molecule has 0 bridgehead atoms. The summed E-state index contributed by atoms with van der Waals surface area (Å²) < 4.78 is 27.1. The number of sulfonamides is 1. The highest BCUT2D eigenvalue weighted by Crippen LogP contribution is 2.36. The summed E-state index contributed by atoms with van der Waals surface area (Å²) in [6, 6.07) is 12.3. The van der Waals surface area contributed by atoms with Crippen LogP contribution in [-0.2, 0) is 26.8 Å². The molecule has 0 aliphatic rings. The Morgan fingerprint density at radius 1 is 1.26 bits per heavy atom. The van der Waals surface area contributed by atoms with Gasteiger partial charge in [0.05, 0.1) is 11.4 Å². The number of aromatic hydroxyl groups is 1. The fourth-order valence-electron chi connectivity index (χ4n) is 3.29. The fraction of sp³-hybridized carbons (Fsp3) is 0.333. The van der Waals surface area contributed by atoms with Gasteiger partial charge in [0, 0.05) is 13.5 Å². The van der Waals surface area contributed by atoms with Gasteiger partial charge in [0.15, 0.2) is 5.54 Å². The van der Waals surface area contributed by atoms with Crippen LogP contribution >= 0.6 is 0 Å². The van der Waals surface area contributed by atoms with Gasteiger partial charge in [-0.2, -0.15) is 4.31 Å². The predicted octanol–water partition coefficient (Wildman–Crippen LogP) is 2.10. The number of phenols is 1. The van der Waals surface area contributed by atoms with Crippen LogP contribution in [0.2, 0.25) is 0 Å². The summed E-state index contributed by atoms with van der Waals surface area (Å²) in [6.07, 6.45) is 2.16. The average molecular weight is 449 g/mol. The molecule has 0 saturated heterocycles. The van der Waals surface area contributed by atoms with E-state index in [2.05, 4.69) is 10.4 Å². The van der Waals surface area contributed by atoms with E-state index in [1.54, 1.807) is 30.3 Å². The average Bonchev–Trinajstić information content (AvgIpc) is 2.75. The summed E-state index contributed by atoms with van der Waals surface area (Å²) in [6.45, 7) is 1.86. The first-order valence-corrected chi connectivity index (χ1v) is 11.4. The molecule has 10 heteroatoms. The molecular weight excluding hydrogens is 420 g/mol. The molecule has 2 rings (SSSR count). The molecule has 2 aromatic carbocycles. The van der Waals surface area contributed by atoms with Gasteiger partial charge in [-0.25, -0.2) is 24.0 Å². The molecule has 0 aliphatic heterocycles. The zero-order chi connectivity index (χ0) is 23.1. The van der Waals surface area contributed by atoms with E-state index in [0.717, 1.165) is 4.31 Å². The summed E-state index contributed by atoms with van der Waals surface area (Å²) in [5, 5.41) is 20.0. The molecule has 0 aliphatic carbocycles. The van der Waals surface area contributed by atoms with Crippen molar-refractivity contribution in [2.45, 2.75) is 31.7 Å². The fourth-order valence-corrected chi connectivity index (χ4v) is 4.94. The zero-order valence-electron chi connectivity index (χ0n) is 17.5. The summed E-state index contributed by atoms with van der Waals surface area (Å²) >= 11 is 0. The van der Waals surface area contributed by atoms with Crippen LogP contribution in [0.15, 0.2) is 53.5 Å². The van der Waals surface area contributed by atoms with Crippen LogP contribution in [0.25, 0.3) is 0 Å². The Bertz CT molecular complexity index is 1020. The standard InChI is InChI=1S/C21H28N4O5S/c1-3-4-12-31(29,30)25(2)21(20(27)28,14-16-8-10-19(26)11-9-16)17-6-5-7-18(13-17)23-15-24-22/h5-11,13,15,26H,3-4,12,14,22H2,1-2H3,(H,23,24)(H,27,28)/t21-/m1/s1. The van der Waals surface area contributed by atoms with Gasteiger partial charge in [0.2, 0.25) is 10.0 Å². The minimum Gasteiger partial charge on any atom is -0.508 e. The van der Waals surface area contributed by atoms with E-state index in [0.29, 0.717) is 24.1 Å². The van der Waals surface area contributed by atoms with Crippen molar-refractivity contribution in [2.24, 2.45) is 10.8 Å². The number of carboxylic acid groups (broad SMARTS) is 1. The van der Waals surface area contributed by atoms with Crippen molar-refractivity contribution < 1.29 is 23.4 Å². The second-order valence-electron chi connectivity index (χ2n) is 7.12. The van der Waals surface area contributed by atoms with Crippen LogP contribution in [-0.4, -0.2) is 48.0 Å². The SMILES string of the molecule is CCCCS(=O)(=O)N(C)[C@@](Cc1ccc(O)cc1)(C(=O)O)c1cccc(N=CNN)c1. The van der Waals surface area contributed by atoms with Crippen molar-refractivity contribution in [3.63, 3.8) is 0 Å². The smallest absolute Gasteiger partial charge is 0.330 e. The largest absolute Gasteiger partial charge is 0.508 e. The number of benzene rings is 2. The lowest BCUT2D eigenvalue weighted by Crippen LogP contribution is -2.54. The number of nitrogens with one attached hydrogen (secondary N) is 1. The van der Waals surface area contributed by atoms with E-state index in [4.69, 9.17) is 5.84 Å². The minimum atomic E-state index is -3.90. The number of aliphatic imine (C=N–C) groups is 1. The first-order valence-electron chi connectivity index (χ1n) is 9.74. The first-order chi connectivity index (χ1) is 14.7. The molecule has 0 fully saturated rings. The Labute approximate surface area is 182 Å². The molecule has 0 heterocycles. The van der Waals surface area contributed by atoms with E-state index in [1.807, 2.05) is 6.92 Å². The summed E-state index contributed by atoms with van der Waals surface area (Å²) in [4.78, 5) is 16.8. The van der Waals surface area contributed by atoms with E-state index in [-0.39, 0.29) is 23.5 Å². The minimum absolute atomic E-state index is 0.0271. The Hall–Kier alpha value is -2.95. The molecule has 0 aromatic heterocycles. The number of nitrogens with two attached hydrogens (primary N) is 1. The van der Waals surface area contributed by atoms with Crippen molar-refractivity contribution in [2.75, 3.05) is 12.8 Å². The normalized spacial score (nSPS) is 13.9. The topological polar surface area (TPSA) is 145 Å². The third-order valence-electron chi connectivity index (χ3n) is 5.07. The van der Waals surface area contributed by atoms with Crippen LogP contribution in [0.3, 0.4) is 0 Å². The molecule has 0 saturated carbocycles. The lowest BCUT2D eigenvalue weighted by Gasteiger charge is -2.38. The molecule has 0 spiro atoms. The number of likely N-dealkylation sites (N-methyl/N-ethyl adjacent to an activating group) is 1. The molecule has 0 radical (unpaired) electrons. The van der Waals surface area contributed by atoms with Crippen molar-refractivity contribution in [3.8, 4) is 5.75 Å². The third-order valence-corrected chi connectivity index (χ3v) is 7.02. The molecule has 168 valence electrons. The highest BCUT2D eigenvalue weighted by atomic mass is 32.2. The summed E-state index contributed by atoms with van der Waals surface area (Å²) in [5.74, 6) is 3.75. The number of aliphatic carboxylic acids is 1. The number of hydrogen-bond donors (Lipinski definition) is 4. The number of hydrazine groups is 1. The van der Waals surface area contributed by atoms with Crippen molar-refractivity contribution in [1.82, 2.24) is 9.73 Å². The van der Waals surface area contributed by atoms with Crippen molar-refractivity contribution >= 4 is 28.0 Å². The number of nitrogens with zero attached hydrogens (tertiary/aromatic N) is 2. The molecular formula is C21H28N4O5S. The van der Waals surface area contributed by atoms with E-state index in [9.17, 15) is 23.4 Å². The van der Waals surface area contributed by atoms with Gasteiger partial charge in [-0.3, -0.25) is 0 Å². The van der Waals surface area contributed by atoms with Crippen LogP contribution < -0.4 is 11.3 Å². The number of phenolic OH excluding ortho intramolecular Hbond substituents is 1. The number of carbonyl (C=O) groups is 1. The lowest BCUT2D eigenvalue weighted by atomic mass is 9.83. The van der Waals surface area contributed by atoms with Gasteiger partial charge < -0.3 is 15.6 Å². The first kappa shape index (κ1) is 24.3. The molecule has 31 heavy (non-hydrogen) atoms. The molecule has 5 N–H and O–H groups in total. The molecule has 1 atom stereocenters. The van der Waals surface area contributed by atoms with Gasteiger partial charge >= 0.3 is 5.97 Å². The summed E-state index contributed by atoms with van der Waals surface area (Å²) in [5.41, 5.74) is 1.56. The number of hydrogen-bond acceptors (Lipinski definition) is 6. The third kappa shape index (κ3) is 5.60. The predicted molar refractivity (Wildman–Crippen MR) is 119 cm³/mol. The van der Waals surface area contributed by atoms with Gasteiger partial charge in [-0.05, 0) is 41.8 Å². The highest BCUT2D eigenvalue weighted by Gasteiger charge is 2.49. The van der Waals surface area contributed by atoms with Crippen molar-refractivity contribution in [3.05, 3.63) is 59.7 Å². The summed E-state index contributed by atoms with van der Waals surface area (Å²) in [7, 11) is -2.61. The van der Waals surface area contributed by atoms with Crippen molar-refractivity contribution in [1.29, 1.82) is 0 Å². The maximum Gasteiger partial charge on any atom is 0.330 e. The van der Waals surface area contributed by atoms with Crippen LogP contribution in [0.5, 0.6) is 5.75 Å². The maximum absolute atomic E-state index is 13.1. The zero-order valence-corrected chi connectivity index (χ0v) is 18.3. The number of rotatable bonds is 11. The Morgan fingerprint density at radius 3 is 2.52 bits per heavy atom. The van der Waals surface area contributed by atoms with Gasteiger partial charge in [-0.15, -0.1) is 0 Å². The molecule has 2 aromatic rings. The lowest BCUT2D eigenvalue weighted by molar-refractivity contribution is -0.148. The van der Waals surface area contributed by atoms with Gasteiger partial charge in [-0.1, -0.05) is 37.6 Å². The second kappa shape index (κ2) is 10.4. The number of unbranched alkanes of at least 4 members (excludes halogenated alkanes) is 1. The highest BCUT2D eigenvalue weighted by molar-refractivity contribution is 7.89. The second-order valence-corrected chi connectivity index (χ2v) is 9.24. The van der Waals surface area contributed by atoms with Gasteiger partial charge in [0.1, 0.15) is 12.1 Å². The monoisotopic (exact) mass is 448 g/mol. The van der Waals surface area contributed by atoms with Crippen LogP contribution in [0, 0.1) is 0 Å². The molecule has 9 nitrogen and oxygen atoms in total. The van der Waals surface area contributed by atoms with Crippen LogP contribution in [0.4, 0.5) is 5.69 Å². The van der Waals surface area contributed by atoms with E-state index >= 15 is 0 Å². The maximum atomic E-state index is 13.1. The number of carboxylic acids is 1. The Morgan fingerprint density at radius 2 is 1.94 bits per heavy atom. The Balaban J connectivity index is 2.70. The molecule has 0 unspecified atom stereocenters. The van der Waals surface area contributed by atoms with E-state index < -0.39 is 21.5 Å². The van der Waals surface area contributed by atoms with Crippen LogP contribution in [0.1, 0.15) is 30.9 Å². The van der Waals surface area contributed by atoms with E-state index in [1.165, 1.54) is 31.6 Å². The van der Waals surface area contributed by atoms with Gasteiger partial charge in [0.25, 0.3) is 0 Å². The quantitative estimate of drug-likeness (QED) is 0.178.